The van der Waals surface area contributed by atoms with Crippen LogP contribution in [0.1, 0.15) is 42.6 Å². The van der Waals surface area contributed by atoms with Crippen LogP contribution in [0.3, 0.4) is 0 Å². The van der Waals surface area contributed by atoms with Gasteiger partial charge in [-0.2, -0.15) is 0 Å². The lowest BCUT2D eigenvalue weighted by molar-refractivity contribution is 0.437. The topological polar surface area (TPSA) is 43.8 Å². The molecule has 2 aromatic rings. The van der Waals surface area contributed by atoms with E-state index in [0.717, 1.165) is 12.8 Å². The summed E-state index contributed by atoms with van der Waals surface area (Å²) in [6.45, 7) is 5.15. The zero-order chi connectivity index (χ0) is 14.1. The van der Waals surface area contributed by atoms with Crippen LogP contribution in [0.4, 0.5) is 0 Å². The first-order valence-electron chi connectivity index (χ1n) is 7.49. The van der Waals surface area contributed by atoms with Crippen LogP contribution in [0.15, 0.2) is 36.8 Å². The lowest BCUT2D eigenvalue weighted by Crippen LogP contribution is -2.23. The van der Waals surface area contributed by atoms with E-state index in [1.807, 2.05) is 12.5 Å². The Balaban J connectivity index is 1.89. The van der Waals surface area contributed by atoms with Crippen molar-refractivity contribution in [2.45, 2.75) is 38.6 Å². The highest BCUT2D eigenvalue weighted by Crippen LogP contribution is 2.33. The van der Waals surface area contributed by atoms with Crippen molar-refractivity contribution in [1.29, 1.82) is 0 Å². The predicted molar refractivity (Wildman–Crippen MR) is 81.7 cm³/mol. The molecule has 1 atom stereocenters. The van der Waals surface area contributed by atoms with Crippen molar-refractivity contribution in [2.24, 2.45) is 11.7 Å². The van der Waals surface area contributed by atoms with Gasteiger partial charge in [-0.15, -0.1) is 0 Å². The Morgan fingerprint density at radius 1 is 1.25 bits per heavy atom. The van der Waals surface area contributed by atoms with Gasteiger partial charge in [-0.05, 0) is 29.9 Å². The molecular formula is C17H23N3. The van der Waals surface area contributed by atoms with Crippen molar-refractivity contribution in [3.8, 4) is 0 Å². The molecule has 3 rings (SSSR count). The van der Waals surface area contributed by atoms with Gasteiger partial charge in [-0.3, -0.25) is 0 Å². The van der Waals surface area contributed by atoms with E-state index >= 15 is 0 Å². The highest BCUT2D eigenvalue weighted by atomic mass is 15.1. The molecule has 2 N–H and O–H groups in total. The third-order valence-electron chi connectivity index (χ3n) is 4.56. The van der Waals surface area contributed by atoms with Gasteiger partial charge in [0.1, 0.15) is 0 Å². The maximum absolute atomic E-state index is 5.98. The minimum atomic E-state index is 0.390. The zero-order valence-corrected chi connectivity index (χ0v) is 12.3. The van der Waals surface area contributed by atoms with Gasteiger partial charge in [-0.1, -0.05) is 38.1 Å². The molecule has 0 amide bonds. The van der Waals surface area contributed by atoms with Crippen LogP contribution in [0.2, 0.25) is 0 Å². The summed E-state index contributed by atoms with van der Waals surface area (Å²) in [5.41, 5.74) is 10.2. The van der Waals surface area contributed by atoms with Crippen molar-refractivity contribution in [2.75, 3.05) is 6.54 Å². The van der Waals surface area contributed by atoms with E-state index in [2.05, 4.69) is 47.7 Å². The minimum absolute atomic E-state index is 0.390. The van der Waals surface area contributed by atoms with Crippen molar-refractivity contribution >= 4 is 0 Å². The Hall–Kier alpha value is -1.61. The fraction of sp³-hybridized carbons (Fsp3) is 0.471. The first-order chi connectivity index (χ1) is 9.70. The van der Waals surface area contributed by atoms with E-state index in [1.54, 1.807) is 0 Å². The zero-order valence-electron chi connectivity index (χ0n) is 12.3. The number of hydrogen-bond donors (Lipinski definition) is 1. The predicted octanol–water partition coefficient (Wildman–Crippen LogP) is 2.92. The molecule has 0 saturated carbocycles. The maximum atomic E-state index is 5.98. The summed E-state index contributed by atoms with van der Waals surface area (Å²) in [6.07, 6.45) is 6.20. The standard InChI is InChI=1S/C17H23N3/c1-12(2)16(9-18)17-10-19-11-20(17)15-7-13-5-3-4-6-14(13)8-15/h3-6,10-12,15-16H,7-9,18H2,1-2H3. The maximum Gasteiger partial charge on any atom is 0.0951 e. The number of aromatic nitrogens is 2. The van der Waals surface area contributed by atoms with Crippen LogP contribution in [0.25, 0.3) is 0 Å². The SMILES string of the molecule is CC(C)C(CN)c1cncn1C1Cc2ccccc2C1. The number of fused-ring (bicyclic) bond motifs is 1. The summed E-state index contributed by atoms with van der Waals surface area (Å²) in [5, 5.41) is 0. The fourth-order valence-electron chi connectivity index (χ4n) is 3.37. The smallest absolute Gasteiger partial charge is 0.0951 e. The number of benzene rings is 1. The number of hydrogen-bond acceptors (Lipinski definition) is 2. The summed E-state index contributed by atoms with van der Waals surface area (Å²) in [6, 6.07) is 9.25. The molecule has 1 aromatic carbocycles. The second-order valence-electron chi connectivity index (χ2n) is 6.14. The first-order valence-corrected chi connectivity index (χ1v) is 7.49. The molecule has 0 fully saturated rings. The average molecular weight is 269 g/mol. The molecular weight excluding hydrogens is 246 g/mol. The van der Waals surface area contributed by atoms with E-state index in [-0.39, 0.29) is 0 Å². The number of nitrogens with two attached hydrogens (primary N) is 1. The molecule has 1 unspecified atom stereocenters. The number of nitrogens with zero attached hydrogens (tertiary/aromatic N) is 2. The third kappa shape index (κ3) is 2.27. The van der Waals surface area contributed by atoms with E-state index in [9.17, 15) is 0 Å². The Bertz CT molecular complexity index is 560. The summed E-state index contributed by atoms with van der Waals surface area (Å²) in [7, 11) is 0. The summed E-state index contributed by atoms with van der Waals surface area (Å²) >= 11 is 0. The molecule has 0 bridgehead atoms. The largest absolute Gasteiger partial charge is 0.331 e. The molecule has 1 aliphatic rings. The lowest BCUT2D eigenvalue weighted by atomic mass is 9.92. The van der Waals surface area contributed by atoms with Crippen LogP contribution in [0, 0.1) is 5.92 Å². The van der Waals surface area contributed by atoms with Crippen LogP contribution in [-0.4, -0.2) is 16.1 Å². The van der Waals surface area contributed by atoms with Gasteiger partial charge in [0.05, 0.1) is 6.33 Å². The second kappa shape index (κ2) is 5.41. The molecule has 3 nitrogen and oxygen atoms in total. The van der Waals surface area contributed by atoms with Crippen molar-refractivity contribution in [3.05, 3.63) is 53.6 Å². The molecule has 1 heterocycles. The van der Waals surface area contributed by atoms with Crippen molar-refractivity contribution < 1.29 is 0 Å². The molecule has 0 radical (unpaired) electrons. The van der Waals surface area contributed by atoms with Crippen LogP contribution in [-0.2, 0) is 12.8 Å². The van der Waals surface area contributed by atoms with Gasteiger partial charge < -0.3 is 10.3 Å². The Kier molecular flexibility index (Phi) is 3.62. The second-order valence-corrected chi connectivity index (χ2v) is 6.14. The summed E-state index contributed by atoms with van der Waals surface area (Å²) in [5.74, 6) is 0.931. The van der Waals surface area contributed by atoms with Crippen molar-refractivity contribution in [3.63, 3.8) is 0 Å². The van der Waals surface area contributed by atoms with E-state index in [1.165, 1.54) is 16.8 Å². The molecule has 106 valence electrons. The Labute approximate surface area is 120 Å². The van der Waals surface area contributed by atoms with Crippen molar-refractivity contribution in [1.82, 2.24) is 9.55 Å². The Morgan fingerprint density at radius 2 is 1.90 bits per heavy atom. The van der Waals surface area contributed by atoms with Crippen LogP contribution >= 0.6 is 0 Å². The highest BCUT2D eigenvalue weighted by Gasteiger charge is 2.26. The minimum Gasteiger partial charge on any atom is -0.331 e. The van der Waals surface area contributed by atoms with Gasteiger partial charge in [0, 0.05) is 30.4 Å². The van der Waals surface area contributed by atoms with Gasteiger partial charge in [0.25, 0.3) is 0 Å². The summed E-state index contributed by atoms with van der Waals surface area (Å²) < 4.78 is 2.36. The highest BCUT2D eigenvalue weighted by molar-refractivity contribution is 5.33. The average Bonchev–Trinajstić information content (AvgIpc) is 3.04. The first kappa shape index (κ1) is 13.4. The fourth-order valence-corrected chi connectivity index (χ4v) is 3.37. The Morgan fingerprint density at radius 3 is 2.45 bits per heavy atom. The monoisotopic (exact) mass is 269 g/mol. The van der Waals surface area contributed by atoms with E-state index in [0.29, 0.717) is 24.4 Å². The molecule has 20 heavy (non-hydrogen) atoms. The third-order valence-corrected chi connectivity index (χ3v) is 4.56. The van der Waals surface area contributed by atoms with Gasteiger partial charge in [0.2, 0.25) is 0 Å². The number of rotatable bonds is 4. The molecule has 1 aliphatic carbocycles. The van der Waals surface area contributed by atoms with Gasteiger partial charge >= 0.3 is 0 Å². The van der Waals surface area contributed by atoms with Gasteiger partial charge in [-0.25, -0.2) is 4.98 Å². The van der Waals surface area contributed by atoms with Gasteiger partial charge in [0.15, 0.2) is 0 Å². The van der Waals surface area contributed by atoms with E-state index < -0.39 is 0 Å². The molecule has 3 heteroatoms. The van der Waals surface area contributed by atoms with Crippen LogP contribution < -0.4 is 5.73 Å². The number of imidazole rings is 1. The quantitative estimate of drug-likeness (QED) is 0.927. The molecule has 0 aliphatic heterocycles. The summed E-state index contributed by atoms with van der Waals surface area (Å²) in [4.78, 5) is 4.39. The normalized spacial score (nSPS) is 16.6. The van der Waals surface area contributed by atoms with Crippen LogP contribution in [0.5, 0.6) is 0 Å². The van der Waals surface area contributed by atoms with E-state index in [4.69, 9.17) is 5.73 Å². The molecule has 0 spiro atoms. The lowest BCUT2D eigenvalue weighted by Gasteiger charge is -2.23. The molecule has 0 saturated heterocycles. The molecule has 1 aromatic heterocycles.